The van der Waals surface area contributed by atoms with Crippen LogP contribution < -0.4 is 0 Å². The van der Waals surface area contributed by atoms with Gasteiger partial charge in [0.2, 0.25) is 6.29 Å². The molecule has 5 heteroatoms. The van der Waals surface area contributed by atoms with Crippen molar-refractivity contribution in [3.05, 3.63) is 41.6 Å². The van der Waals surface area contributed by atoms with E-state index in [1.54, 1.807) is 6.92 Å². The predicted molar refractivity (Wildman–Crippen MR) is 81.1 cm³/mol. The standard InChI is InChI=1S/C18H17NO4/c1-9(20)15-13-12-8-22-18(23-12)17(21)14(13)16-11-5-3-2-4-10(11)6-7-19(15)16/h2-7,12-16,18H,8H2,1H3/t12?,13-,14-,15+,16+,18?/m1/s1. The van der Waals surface area contributed by atoms with Gasteiger partial charge in [0.25, 0.3) is 0 Å². The molecule has 0 aliphatic carbocycles. The van der Waals surface area contributed by atoms with Crippen LogP contribution in [0.5, 0.6) is 0 Å². The number of nitrogens with zero attached hydrogens (tertiary/aromatic N) is 1. The van der Waals surface area contributed by atoms with E-state index in [9.17, 15) is 9.59 Å². The molecule has 0 amide bonds. The van der Waals surface area contributed by atoms with Gasteiger partial charge in [-0.15, -0.1) is 0 Å². The Labute approximate surface area is 133 Å². The van der Waals surface area contributed by atoms with E-state index in [0.717, 1.165) is 11.1 Å². The van der Waals surface area contributed by atoms with Crippen molar-refractivity contribution >= 4 is 17.6 Å². The first kappa shape index (κ1) is 13.5. The third-order valence-corrected chi connectivity index (χ3v) is 5.62. The Bertz CT molecular complexity index is 742. The highest BCUT2D eigenvalue weighted by molar-refractivity contribution is 5.91. The summed E-state index contributed by atoms with van der Waals surface area (Å²) in [6, 6.07) is 7.66. The van der Waals surface area contributed by atoms with Crippen molar-refractivity contribution in [2.24, 2.45) is 11.8 Å². The van der Waals surface area contributed by atoms with E-state index in [4.69, 9.17) is 9.47 Å². The van der Waals surface area contributed by atoms with Gasteiger partial charge in [-0.3, -0.25) is 9.59 Å². The number of fused-ring (bicyclic) bond motifs is 8. The van der Waals surface area contributed by atoms with Crippen molar-refractivity contribution in [3.8, 4) is 0 Å². The van der Waals surface area contributed by atoms with Crippen molar-refractivity contribution in [2.45, 2.75) is 31.4 Å². The van der Waals surface area contributed by atoms with Gasteiger partial charge in [0.1, 0.15) is 0 Å². The molecule has 5 rings (SSSR count). The fourth-order valence-corrected chi connectivity index (χ4v) is 4.79. The average molecular weight is 311 g/mol. The second-order valence-electron chi connectivity index (χ2n) is 6.74. The molecule has 23 heavy (non-hydrogen) atoms. The van der Waals surface area contributed by atoms with Gasteiger partial charge in [0.15, 0.2) is 11.6 Å². The van der Waals surface area contributed by atoms with Crippen LogP contribution in [0, 0.1) is 11.8 Å². The van der Waals surface area contributed by atoms with Crippen molar-refractivity contribution in [1.82, 2.24) is 4.90 Å². The molecule has 4 heterocycles. The lowest BCUT2D eigenvalue weighted by molar-refractivity contribution is -0.165. The molecule has 3 saturated heterocycles. The second-order valence-corrected chi connectivity index (χ2v) is 6.74. The molecule has 0 aromatic heterocycles. The summed E-state index contributed by atoms with van der Waals surface area (Å²) in [7, 11) is 0. The number of Topliss-reactive ketones (excluding diaryl/α,β-unsaturated/α-hetero) is 2. The quantitative estimate of drug-likeness (QED) is 0.787. The zero-order chi connectivity index (χ0) is 15.7. The molecule has 4 aliphatic rings. The summed E-state index contributed by atoms with van der Waals surface area (Å²) < 4.78 is 11.2. The molecule has 3 fully saturated rings. The molecule has 0 radical (unpaired) electrons. The van der Waals surface area contributed by atoms with Gasteiger partial charge >= 0.3 is 0 Å². The lowest BCUT2D eigenvalue weighted by atomic mass is 9.76. The highest BCUT2D eigenvalue weighted by atomic mass is 16.7. The Morgan fingerprint density at radius 2 is 2.13 bits per heavy atom. The smallest absolute Gasteiger partial charge is 0.218 e. The molecule has 0 spiro atoms. The molecular weight excluding hydrogens is 294 g/mol. The largest absolute Gasteiger partial charge is 0.359 e. The van der Waals surface area contributed by atoms with Crippen LogP contribution in [0.3, 0.4) is 0 Å². The van der Waals surface area contributed by atoms with Gasteiger partial charge in [-0.05, 0) is 24.1 Å². The Balaban J connectivity index is 1.70. The lowest BCUT2D eigenvalue weighted by Crippen LogP contribution is -2.47. The molecule has 1 aromatic rings. The molecular formula is C18H17NO4. The van der Waals surface area contributed by atoms with E-state index in [0.29, 0.717) is 6.61 Å². The van der Waals surface area contributed by atoms with E-state index in [1.807, 2.05) is 30.5 Å². The van der Waals surface area contributed by atoms with Crippen LogP contribution >= 0.6 is 0 Å². The maximum absolute atomic E-state index is 12.9. The molecule has 6 atom stereocenters. The van der Waals surface area contributed by atoms with E-state index >= 15 is 0 Å². The first-order valence-electron chi connectivity index (χ1n) is 8.02. The predicted octanol–water partition coefficient (Wildman–Crippen LogP) is 1.54. The molecule has 5 nitrogen and oxygen atoms in total. The third kappa shape index (κ3) is 1.64. The highest BCUT2D eigenvalue weighted by Gasteiger charge is 2.63. The molecule has 4 aliphatic heterocycles. The first-order valence-corrected chi connectivity index (χ1v) is 8.02. The maximum Gasteiger partial charge on any atom is 0.218 e. The summed E-state index contributed by atoms with van der Waals surface area (Å²) >= 11 is 0. The Morgan fingerprint density at radius 3 is 2.96 bits per heavy atom. The van der Waals surface area contributed by atoms with E-state index < -0.39 is 6.29 Å². The summed E-state index contributed by atoms with van der Waals surface area (Å²) in [6.07, 6.45) is 3.06. The monoisotopic (exact) mass is 311 g/mol. The Hall–Kier alpha value is -1.98. The summed E-state index contributed by atoms with van der Waals surface area (Å²) in [6.45, 7) is 2.00. The minimum atomic E-state index is -0.758. The van der Waals surface area contributed by atoms with Crippen molar-refractivity contribution in [2.75, 3.05) is 6.61 Å². The molecule has 0 saturated carbocycles. The number of benzene rings is 1. The van der Waals surface area contributed by atoms with Crippen molar-refractivity contribution in [1.29, 1.82) is 0 Å². The van der Waals surface area contributed by atoms with Crippen LogP contribution in [0.2, 0.25) is 0 Å². The van der Waals surface area contributed by atoms with Crippen LogP contribution in [0.1, 0.15) is 24.1 Å². The Kier molecular flexibility index (Phi) is 2.65. The Morgan fingerprint density at radius 1 is 1.30 bits per heavy atom. The fraction of sp³-hybridized carbons (Fsp3) is 0.444. The van der Waals surface area contributed by atoms with Crippen LogP contribution in [0.15, 0.2) is 30.5 Å². The van der Waals surface area contributed by atoms with Gasteiger partial charge in [-0.25, -0.2) is 0 Å². The summed E-state index contributed by atoms with van der Waals surface area (Å²) in [5.41, 5.74) is 2.23. The minimum Gasteiger partial charge on any atom is -0.359 e. The highest BCUT2D eigenvalue weighted by Crippen LogP contribution is 2.54. The van der Waals surface area contributed by atoms with Gasteiger partial charge in [-0.1, -0.05) is 24.3 Å². The lowest BCUT2D eigenvalue weighted by Gasteiger charge is -2.34. The minimum absolute atomic E-state index is 0.0207. The summed E-state index contributed by atoms with van der Waals surface area (Å²) in [4.78, 5) is 27.3. The normalized spacial score (nSPS) is 39.9. The molecule has 1 aromatic carbocycles. The van der Waals surface area contributed by atoms with Crippen LogP contribution in [0.25, 0.3) is 6.08 Å². The number of ketones is 2. The van der Waals surface area contributed by atoms with Crippen LogP contribution in [-0.4, -0.2) is 41.5 Å². The maximum atomic E-state index is 12.9. The molecule has 2 unspecified atom stereocenters. The number of carbonyl (C=O) groups is 2. The van der Waals surface area contributed by atoms with Crippen molar-refractivity contribution < 1.29 is 19.1 Å². The van der Waals surface area contributed by atoms with Crippen LogP contribution in [-0.2, 0) is 19.1 Å². The number of hydrogen-bond donors (Lipinski definition) is 0. The second kappa shape index (κ2) is 4.52. The number of rotatable bonds is 1. The fourth-order valence-electron chi connectivity index (χ4n) is 4.79. The van der Waals surface area contributed by atoms with Gasteiger partial charge in [0, 0.05) is 12.1 Å². The van der Waals surface area contributed by atoms with Gasteiger partial charge in [-0.2, -0.15) is 0 Å². The first-order chi connectivity index (χ1) is 11.2. The van der Waals surface area contributed by atoms with E-state index in [2.05, 4.69) is 11.0 Å². The zero-order valence-corrected chi connectivity index (χ0v) is 12.7. The summed E-state index contributed by atoms with van der Waals surface area (Å²) in [5, 5.41) is 0. The SMILES string of the molecule is CC(=O)[C@H]1[C@@H]2C3COC(O3)C(=O)[C@H]2[C@@H]2c3ccccc3C=CN12. The van der Waals surface area contributed by atoms with Crippen LogP contribution in [0.4, 0.5) is 0 Å². The van der Waals surface area contributed by atoms with E-state index in [-0.39, 0.29) is 41.6 Å². The number of carbonyl (C=O) groups excluding carboxylic acids is 2. The van der Waals surface area contributed by atoms with Crippen molar-refractivity contribution in [3.63, 3.8) is 0 Å². The van der Waals surface area contributed by atoms with Gasteiger partial charge in [0.05, 0.1) is 30.7 Å². The molecule has 0 N–H and O–H groups in total. The molecule has 2 bridgehead atoms. The summed E-state index contributed by atoms with van der Waals surface area (Å²) in [5.74, 6) is -0.332. The third-order valence-electron chi connectivity index (χ3n) is 5.62. The molecule has 118 valence electrons. The number of hydrogen-bond acceptors (Lipinski definition) is 5. The average Bonchev–Trinajstić information content (AvgIpc) is 3.13. The zero-order valence-electron chi connectivity index (χ0n) is 12.7. The van der Waals surface area contributed by atoms with Gasteiger partial charge < -0.3 is 14.4 Å². The number of ether oxygens (including phenoxy) is 2. The van der Waals surface area contributed by atoms with E-state index in [1.165, 1.54) is 0 Å². The topological polar surface area (TPSA) is 55.8 Å².